The van der Waals surface area contributed by atoms with Crippen molar-refractivity contribution >= 4 is 23.2 Å². The number of amides is 2. The molecule has 0 aliphatic heterocycles. The lowest BCUT2D eigenvalue weighted by Gasteiger charge is -2.09. The SMILES string of the molecule is O=C(Nc1cccc(C(=O)Nc2cnc(-c3cccc(O)c3)nc2)c1)c1cccnc1. The van der Waals surface area contributed by atoms with Crippen molar-refractivity contribution in [2.45, 2.75) is 0 Å². The van der Waals surface area contributed by atoms with E-state index in [-0.39, 0.29) is 17.6 Å². The van der Waals surface area contributed by atoms with Crippen LogP contribution in [0.15, 0.2) is 85.5 Å². The largest absolute Gasteiger partial charge is 0.508 e. The molecule has 0 unspecified atom stereocenters. The quantitative estimate of drug-likeness (QED) is 0.460. The number of aromatic hydroxyl groups is 1. The number of benzene rings is 2. The smallest absolute Gasteiger partial charge is 0.257 e. The minimum atomic E-state index is -0.369. The molecule has 8 nitrogen and oxygen atoms in total. The van der Waals surface area contributed by atoms with E-state index in [0.717, 1.165) is 0 Å². The van der Waals surface area contributed by atoms with Crippen LogP contribution in [-0.4, -0.2) is 31.9 Å². The van der Waals surface area contributed by atoms with Crippen molar-refractivity contribution in [3.05, 3.63) is 96.6 Å². The number of carbonyl (C=O) groups is 2. The Kier molecular flexibility index (Phi) is 5.62. The fourth-order valence-corrected chi connectivity index (χ4v) is 2.83. The Hall–Kier alpha value is -4.59. The lowest BCUT2D eigenvalue weighted by atomic mass is 10.1. The van der Waals surface area contributed by atoms with Crippen LogP contribution < -0.4 is 10.6 Å². The highest BCUT2D eigenvalue weighted by atomic mass is 16.3. The summed E-state index contributed by atoms with van der Waals surface area (Å²) in [5.74, 6) is -0.143. The second-order valence-electron chi connectivity index (χ2n) is 6.58. The predicted octanol–water partition coefficient (Wildman–Crippen LogP) is 3.75. The van der Waals surface area contributed by atoms with Gasteiger partial charge in [-0.2, -0.15) is 0 Å². The van der Waals surface area contributed by atoms with E-state index in [1.807, 2.05) is 0 Å². The molecule has 2 amide bonds. The third-order valence-electron chi connectivity index (χ3n) is 4.32. The zero-order valence-corrected chi connectivity index (χ0v) is 16.2. The van der Waals surface area contributed by atoms with E-state index in [2.05, 4.69) is 25.6 Å². The van der Waals surface area contributed by atoms with Crippen molar-refractivity contribution in [3.63, 3.8) is 0 Å². The van der Waals surface area contributed by atoms with Gasteiger partial charge in [0.15, 0.2) is 5.82 Å². The lowest BCUT2D eigenvalue weighted by molar-refractivity contribution is 0.101. The van der Waals surface area contributed by atoms with Gasteiger partial charge in [0.25, 0.3) is 11.8 Å². The summed E-state index contributed by atoms with van der Waals surface area (Å²) in [4.78, 5) is 37.2. The van der Waals surface area contributed by atoms with Crippen molar-refractivity contribution in [1.82, 2.24) is 15.0 Å². The van der Waals surface area contributed by atoms with Crippen LogP contribution in [0.4, 0.5) is 11.4 Å². The molecule has 0 bridgehead atoms. The van der Waals surface area contributed by atoms with Crippen molar-refractivity contribution in [2.75, 3.05) is 10.6 Å². The first-order valence-electron chi connectivity index (χ1n) is 9.33. The van der Waals surface area contributed by atoms with E-state index in [0.29, 0.717) is 33.9 Å². The van der Waals surface area contributed by atoms with Crippen LogP contribution >= 0.6 is 0 Å². The fourth-order valence-electron chi connectivity index (χ4n) is 2.83. The number of anilines is 2. The number of phenols is 1. The van der Waals surface area contributed by atoms with Crippen molar-refractivity contribution in [3.8, 4) is 17.1 Å². The van der Waals surface area contributed by atoms with Gasteiger partial charge in [0, 0.05) is 29.2 Å². The van der Waals surface area contributed by atoms with Gasteiger partial charge >= 0.3 is 0 Å². The molecule has 31 heavy (non-hydrogen) atoms. The maximum atomic E-state index is 12.6. The van der Waals surface area contributed by atoms with Gasteiger partial charge in [-0.15, -0.1) is 0 Å². The van der Waals surface area contributed by atoms with E-state index in [9.17, 15) is 14.7 Å². The molecule has 4 aromatic rings. The Labute approximate surface area is 177 Å². The van der Waals surface area contributed by atoms with Crippen molar-refractivity contribution in [2.24, 2.45) is 0 Å². The molecule has 4 rings (SSSR count). The van der Waals surface area contributed by atoms with Crippen LogP contribution in [0.1, 0.15) is 20.7 Å². The Morgan fingerprint density at radius 3 is 2.19 bits per heavy atom. The van der Waals surface area contributed by atoms with Crippen molar-refractivity contribution in [1.29, 1.82) is 0 Å². The van der Waals surface area contributed by atoms with Gasteiger partial charge in [-0.1, -0.05) is 18.2 Å². The lowest BCUT2D eigenvalue weighted by Crippen LogP contribution is -2.15. The Balaban J connectivity index is 1.44. The molecule has 0 atom stereocenters. The molecule has 152 valence electrons. The number of hydrogen-bond donors (Lipinski definition) is 3. The second-order valence-corrected chi connectivity index (χ2v) is 6.58. The molecule has 3 N–H and O–H groups in total. The predicted molar refractivity (Wildman–Crippen MR) is 116 cm³/mol. The first kappa shape index (κ1) is 19.7. The zero-order valence-electron chi connectivity index (χ0n) is 16.2. The monoisotopic (exact) mass is 411 g/mol. The zero-order chi connectivity index (χ0) is 21.6. The van der Waals surface area contributed by atoms with Crippen LogP contribution in [-0.2, 0) is 0 Å². The van der Waals surface area contributed by atoms with E-state index < -0.39 is 0 Å². The third-order valence-corrected chi connectivity index (χ3v) is 4.32. The maximum Gasteiger partial charge on any atom is 0.257 e. The molecule has 2 aromatic carbocycles. The standard InChI is InChI=1S/C23H17N5O3/c29-20-8-2-4-15(11-20)21-25-13-19(14-26-21)28-22(30)16-5-1-7-18(10-16)27-23(31)17-6-3-9-24-12-17/h1-14,29H,(H,27,31)(H,28,30). The minimum Gasteiger partial charge on any atom is -0.508 e. The van der Waals surface area contributed by atoms with Crippen LogP contribution in [0.3, 0.4) is 0 Å². The highest BCUT2D eigenvalue weighted by molar-refractivity contribution is 6.07. The van der Waals surface area contributed by atoms with Gasteiger partial charge in [-0.3, -0.25) is 14.6 Å². The number of carbonyl (C=O) groups excluding carboxylic acids is 2. The van der Waals surface area contributed by atoms with Gasteiger partial charge in [-0.25, -0.2) is 9.97 Å². The number of nitrogens with zero attached hydrogens (tertiary/aromatic N) is 3. The summed E-state index contributed by atoms with van der Waals surface area (Å²) in [6.07, 6.45) is 6.02. The summed E-state index contributed by atoms with van der Waals surface area (Å²) in [5.41, 5.74) is 2.34. The molecule has 0 aliphatic carbocycles. The van der Waals surface area contributed by atoms with Gasteiger partial charge in [0.1, 0.15) is 5.75 Å². The van der Waals surface area contributed by atoms with Gasteiger partial charge in [-0.05, 0) is 42.5 Å². The Morgan fingerprint density at radius 1 is 0.742 bits per heavy atom. The molecule has 2 heterocycles. The molecule has 0 spiro atoms. The number of hydrogen-bond acceptors (Lipinski definition) is 6. The second kappa shape index (κ2) is 8.83. The first-order valence-corrected chi connectivity index (χ1v) is 9.33. The highest BCUT2D eigenvalue weighted by Crippen LogP contribution is 2.20. The number of pyridine rings is 1. The summed E-state index contributed by atoms with van der Waals surface area (Å²) in [7, 11) is 0. The highest BCUT2D eigenvalue weighted by Gasteiger charge is 2.11. The van der Waals surface area contributed by atoms with Gasteiger partial charge in [0.2, 0.25) is 0 Å². The molecule has 0 saturated carbocycles. The van der Waals surface area contributed by atoms with Crippen LogP contribution in [0, 0.1) is 0 Å². The first-order chi connectivity index (χ1) is 15.1. The molecule has 8 heteroatoms. The van der Waals surface area contributed by atoms with E-state index in [4.69, 9.17) is 0 Å². The average molecular weight is 411 g/mol. The topological polar surface area (TPSA) is 117 Å². The van der Waals surface area contributed by atoms with E-state index >= 15 is 0 Å². The van der Waals surface area contributed by atoms with Gasteiger partial charge in [0.05, 0.1) is 23.6 Å². The molecule has 0 radical (unpaired) electrons. The molecule has 0 fully saturated rings. The summed E-state index contributed by atoms with van der Waals surface area (Å²) in [6.45, 7) is 0. The average Bonchev–Trinajstić information content (AvgIpc) is 2.80. The number of rotatable bonds is 5. The van der Waals surface area contributed by atoms with Crippen LogP contribution in [0.2, 0.25) is 0 Å². The molecule has 2 aromatic heterocycles. The van der Waals surface area contributed by atoms with Crippen molar-refractivity contribution < 1.29 is 14.7 Å². The maximum absolute atomic E-state index is 12.6. The molecule has 0 aliphatic rings. The Morgan fingerprint density at radius 2 is 1.45 bits per heavy atom. The summed E-state index contributed by atoms with van der Waals surface area (Å²) in [6, 6.07) is 16.5. The third kappa shape index (κ3) is 4.88. The molecule has 0 saturated heterocycles. The summed E-state index contributed by atoms with van der Waals surface area (Å²) < 4.78 is 0. The van der Waals surface area contributed by atoms with Gasteiger partial charge < -0.3 is 15.7 Å². The summed E-state index contributed by atoms with van der Waals surface area (Å²) >= 11 is 0. The van der Waals surface area contributed by atoms with Crippen LogP contribution in [0.25, 0.3) is 11.4 Å². The number of phenolic OH excluding ortho intramolecular Hbond substituents is 1. The van der Waals surface area contributed by atoms with E-state index in [1.54, 1.807) is 66.9 Å². The molecular weight excluding hydrogens is 394 g/mol. The number of nitrogens with one attached hydrogen (secondary N) is 2. The van der Waals surface area contributed by atoms with Crippen LogP contribution in [0.5, 0.6) is 5.75 Å². The minimum absolute atomic E-state index is 0.119. The van der Waals surface area contributed by atoms with E-state index in [1.165, 1.54) is 18.6 Å². The summed E-state index contributed by atoms with van der Waals surface area (Å²) in [5, 5.41) is 15.0. The Bertz CT molecular complexity index is 1230. The normalized spacial score (nSPS) is 10.3. The fraction of sp³-hybridized carbons (Fsp3) is 0. The number of aromatic nitrogens is 3. The molecular formula is C23H17N5O3.